The standard InChI is InChI=1S/C27H26N2O4S/c1-19(2)16-26(31)21-4-3-5-24(17-21)34(32,33)23-10-6-20(7-11-23)8-12-25(30)22-9-13-27-28-14-15-29(27)18-22/h3-7,9-11,13-15,17-19H,8,12,16H2,1-2H3. The first-order valence-electron chi connectivity index (χ1n) is 11.2. The summed E-state index contributed by atoms with van der Waals surface area (Å²) in [6.45, 7) is 3.90. The predicted molar refractivity (Wildman–Crippen MR) is 130 cm³/mol. The summed E-state index contributed by atoms with van der Waals surface area (Å²) in [6.07, 6.45) is 6.42. The van der Waals surface area contributed by atoms with Crippen LogP contribution >= 0.6 is 0 Å². The highest BCUT2D eigenvalue weighted by molar-refractivity contribution is 7.91. The van der Waals surface area contributed by atoms with Gasteiger partial charge in [0.1, 0.15) is 5.65 Å². The molecule has 0 fully saturated rings. The summed E-state index contributed by atoms with van der Waals surface area (Å²) in [7, 11) is -3.76. The lowest BCUT2D eigenvalue weighted by atomic mass is 10.0. The lowest BCUT2D eigenvalue weighted by Crippen LogP contribution is -2.07. The summed E-state index contributed by atoms with van der Waals surface area (Å²) in [5.41, 5.74) is 2.66. The van der Waals surface area contributed by atoms with E-state index in [1.165, 1.54) is 12.1 Å². The lowest BCUT2D eigenvalue weighted by Gasteiger charge is -2.09. The Morgan fingerprint density at radius 1 is 0.912 bits per heavy atom. The Balaban J connectivity index is 1.45. The van der Waals surface area contributed by atoms with Gasteiger partial charge in [-0.15, -0.1) is 0 Å². The van der Waals surface area contributed by atoms with E-state index < -0.39 is 9.84 Å². The summed E-state index contributed by atoms with van der Waals surface area (Å²) >= 11 is 0. The SMILES string of the molecule is CC(C)CC(=O)c1cccc(S(=O)(=O)c2ccc(CCC(=O)c3ccc4nccn4c3)cc2)c1. The van der Waals surface area contributed by atoms with Crippen molar-refractivity contribution in [1.82, 2.24) is 9.38 Å². The molecule has 0 amide bonds. The highest BCUT2D eigenvalue weighted by atomic mass is 32.2. The summed E-state index contributed by atoms with van der Waals surface area (Å²) < 4.78 is 28.0. The lowest BCUT2D eigenvalue weighted by molar-refractivity contribution is 0.0964. The molecular formula is C27H26N2O4S. The Morgan fingerprint density at radius 2 is 1.68 bits per heavy atom. The van der Waals surface area contributed by atoms with Crippen molar-refractivity contribution in [2.45, 2.75) is 42.9 Å². The van der Waals surface area contributed by atoms with Gasteiger partial charge in [0, 0.05) is 42.6 Å². The molecule has 0 spiro atoms. The zero-order valence-electron chi connectivity index (χ0n) is 19.1. The van der Waals surface area contributed by atoms with E-state index in [2.05, 4.69) is 4.98 Å². The van der Waals surface area contributed by atoms with Gasteiger partial charge in [-0.3, -0.25) is 9.59 Å². The smallest absolute Gasteiger partial charge is 0.206 e. The topological polar surface area (TPSA) is 85.6 Å². The third kappa shape index (κ3) is 5.15. The van der Waals surface area contributed by atoms with Gasteiger partial charge < -0.3 is 4.40 Å². The van der Waals surface area contributed by atoms with Crippen molar-refractivity contribution in [2.75, 3.05) is 0 Å². The van der Waals surface area contributed by atoms with Crippen molar-refractivity contribution < 1.29 is 18.0 Å². The quantitative estimate of drug-likeness (QED) is 0.311. The molecule has 0 atom stereocenters. The monoisotopic (exact) mass is 474 g/mol. The van der Waals surface area contributed by atoms with Gasteiger partial charge in [0.25, 0.3) is 0 Å². The van der Waals surface area contributed by atoms with Crippen molar-refractivity contribution in [3.63, 3.8) is 0 Å². The number of sulfone groups is 1. The first-order valence-corrected chi connectivity index (χ1v) is 12.7. The molecule has 4 aromatic rings. The minimum absolute atomic E-state index is 0.00942. The maximum atomic E-state index is 13.1. The highest BCUT2D eigenvalue weighted by Crippen LogP contribution is 2.23. The maximum absolute atomic E-state index is 13.1. The van der Waals surface area contributed by atoms with Crippen LogP contribution in [0, 0.1) is 5.92 Å². The molecule has 0 N–H and O–H groups in total. The van der Waals surface area contributed by atoms with Gasteiger partial charge in [0.15, 0.2) is 11.6 Å². The van der Waals surface area contributed by atoms with Gasteiger partial charge in [-0.05, 0) is 54.3 Å². The number of nitrogens with zero attached hydrogens (tertiary/aromatic N) is 2. The number of rotatable bonds is 9. The third-order valence-corrected chi connectivity index (χ3v) is 7.41. The van der Waals surface area contributed by atoms with Crippen molar-refractivity contribution in [1.29, 1.82) is 0 Å². The van der Waals surface area contributed by atoms with Crippen LogP contribution in [0.3, 0.4) is 0 Å². The molecule has 34 heavy (non-hydrogen) atoms. The largest absolute Gasteiger partial charge is 0.306 e. The van der Waals surface area contributed by atoms with E-state index in [9.17, 15) is 18.0 Å². The zero-order valence-corrected chi connectivity index (χ0v) is 20.0. The summed E-state index contributed by atoms with van der Waals surface area (Å²) in [5.74, 6) is 0.135. The zero-order chi connectivity index (χ0) is 24.3. The molecular weight excluding hydrogens is 448 g/mol. The fourth-order valence-electron chi connectivity index (χ4n) is 3.78. The number of carbonyl (C=O) groups excluding carboxylic acids is 2. The number of fused-ring (bicyclic) bond motifs is 1. The van der Waals surface area contributed by atoms with E-state index in [0.29, 0.717) is 30.4 Å². The van der Waals surface area contributed by atoms with E-state index in [-0.39, 0.29) is 27.3 Å². The van der Waals surface area contributed by atoms with Gasteiger partial charge in [-0.25, -0.2) is 13.4 Å². The number of pyridine rings is 1. The number of aryl methyl sites for hydroxylation is 1. The number of benzene rings is 2. The summed E-state index contributed by atoms with van der Waals surface area (Å²) in [6, 6.07) is 16.3. The van der Waals surface area contributed by atoms with E-state index in [4.69, 9.17) is 0 Å². The van der Waals surface area contributed by atoms with Crippen LogP contribution in [0.2, 0.25) is 0 Å². The Bertz CT molecular complexity index is 1450. The molecule has 0 bridgehead atoms. The van der Waals surface area contributed by atoms with Crippen LogP contribution in [0.4, 0.5) is 0 Å². The van der Waals surface area contributed by atoms with E-state index in [1.54, 1.807) is 71.5 Å². The van der Waals surface area contributed by atoms with E-state index >= 15 is 0 Å². The van der Waals surface area contributed by atoms with Crippen LogP contribution in [-0.2, 0) is 16.3 Å². The Kier molecular flexibility index (Phi) is 6.75. The molecule has 0 saturated carbocycles. The van der Waals surface area contributed by atoms with E-state index in [0.717, 1.165) is 11.2 Å². The minimum atomic E-state index is -3.76. The van der Waals surface area contributed by atoms with Crippen LogP contribution in [0.15, 0.2) is 89.0 Å². The molecule has 0 saturated heterocycles. The molecule has 2 heterocycles. The van der Waals surface area contributed by atoms with Crippen molar-refractivity contribution in [2.24, 2.45) is 5.92 Å². The van der Waals surface area contributed by atoms with Crippen LogP contribution in [0.25, 0.3) is 5.65 Å². The molecule has 0 aliphatic heterocycles. The number of ketones is 2. The Labute approximate surface area is 199 Å². The number of hydrogen-bond donors (Lipinski definition) is 0. The number of Topliss-reactive ketones (excluding diaryl/α,β-unsaturated/α-hetero) is 2. The first-order chi connectivity index (χ1) is 16.2. The van der Waals surface area contributed by atoms with Gasteiger partial charge in [-0.1, -0.05) is 38.1 Å². The predicted octanol–water partition coefficient (Wildman–Crippen LogP) is 5.21. The Morgan fingerprint density at radius 3 is 2.41 bits per heavy atom. The molecule has 7 heteroatoms. The third-order valence-electron chi connectivity index (χ3n) is 5.65. The number of imidazole rings is 1. The molecule has 0 aliphatic rings. The fraction of sp³-hybridized carbons (Fsp3) is 0.222. The minimum Gasteiger partial charge on any atom is -0.306 e. The van der Waals surface area contributed by atoms with Crippen LogP contribution in [-0.4, -0.2) is 29.4 Å². The molecule has 0 aliphatic carbocycles. The van der Waals surface area contributed by atoms with Crippen LogP contribution < -0.4 is 0 Å². The molecule has 2 aromatic carbocycles. The second-order valence-corrected chi connectivity index (χ2v) is 10.7. The Hall–Kier alpha value is -3.58. The number of aromatic nitrogens is 2. The van der Waals surface area contributed by atoms with Crippen LogP contribution in [0.1, 0.15) is 53.0 Å². The molecule has 2 aromatic heterocycles. The molecule has 0 unspecified atom stereocenters. The normalized spacial score (nSPS) is 11.7. The molecule has 4 rings (SSSR count). The van der Waals surface area contributed by atoms with E-state index in [1.807, 2.05) is 13.8 Å². The number of hydrogen-bond acceptors (Lipinski definition) is 5. The summed E-state index contributed by atoms with van der Waals surface area (Å²) in [5, 5.41) is 0. The van der Waals surface area contributed by atoms with Gasteiger partial charge in [0.2, 0.25) is 9.84 Å². The highest BCUT2D eigenvalue weighted by Gasteiger charge is 2.19. The number of carbonyl (C=O) groups is 2. The van der Waals surface area contributed by atoms with Crippen molar-refractivity contribution in [3.8, 4) is 0 Å². The maximum Gasteiger partial charge on any atom is 0.206 e. The second kappa shape index (κ2) is 9.73. The second-order valence-electron chi connectivity index (χ2n) is 8.73. The van der Waals surface area contributed by atoms with Crippen LogP contribution in [0.5, 0.6) is 0 Å². The van der Waals surface area contributed by atoms with Crippen molar-refractivity contribution in [3.05, 3.63) is 95.9 Å². The average Bonchev–Trinajstić information content (AvgIpc) is 3.30. The average molecular weight is 475 g/mol. The first kappa shape index (κ1) is 23.6. The van der Waals surface area contributed by atoms with Crippen molar-refractivity contribution >= 4 is 27.1 Å². The molecule has 174 valence electrons. The van der Waals surface area contributed by atoms with Gasteiger partial charge in [0.05, 0.1) is 9.79 Å². The summed E-state index contributed by atoms with van der Waals surface area (Å²) in [4.78, 5) is 29.4. The fourth-order valence-corrected chi connectivity index (χ4v) is 5.09. The molecule has 6 nitrogen and oxygen atoms in total. The van der Waals surface area contributed by atoms with Gasteiger partial charge in [-0.2, -0.15) is 0 Å². The van der Waals surface area contributed by atoms with Gasteiger partial charge >= 0.3 is 0 Å². The molecule has 0 radical (unpaired) electrons.